The Morgan fingerprint density at radius 1 is 1.53 bits per heavy atom. The van der Waals surface area contributed by atoms with Gasteiger partial charge in [-0.3, -0.25) is 4.79 Å². The van der Waals surface area contributed by atoms with Crippen molar-refractivity contribution in [1.29, 1.82) is 5.26 Å². The van der Waals surface area contributed by atoms with Gasteiger partial charge in [0.2, 0.25) is 5.91 Å². The van der Waals surface area contributed by atoms with E-state index in [4.69, 9.17) is 11.0 Å². The Morgan fingerprint density at radius 3 is 2.71 bits per heavy atom. The highest BCUT2D eigenvalue weighted by Crippen LogP contribution is 2.20. The van der Waals surface area contributed by atoms with Gasteiger partial charge in [-0.25, -0.2) is 0 Å². The summed E-state index contributed by atoms with van der Waals surface area (Å²) in [5, 5.41) is 11.7. The van der Waals surface area contributed by atoms with Crippen molar-refractivity contribution in [2.24, 2.45) is 17.1 Å². The zero-order valence-corrected chi connectivity index (χ0v) is 11.3. The minimum Gasteiger partial charge on any atom is -0.356 e. The fraction of sp³-hybridized carbons (Fsp3) is 0.846. The van der Waals surface area contributed by atoms with Crippen LogP contribution in [0.15, 0.2) is 0 Å². The van der Waals surface area contributed by atoms with Gasteiger partial charge in [0, 0.05) is 13.0 Å². The summed E-state index contributed by atoms with van der Waals surface area (Å²) in [7, 11) is 0. The topological polar surface area (TPSA) is 78.9 Å². The number of amides is 1. The molecule has 0 fully saturated rings. The number of carbonyl (C=O) groups excluding carboxylic acids is 1. The van der Waals surface area contributed by atoms with Crippen molar-refractivity contribution < 1.29 is 4.79 Å². The zero-order valence-electron chi connectivity index (χ0n) is 11.3. The molecule has 0 aromatic rings. The highest BCUT2D eigenvalue weighted by Gasteiger charge is 2.17. The van der Waals surface area contributed by atoms with Gasteiger partial charge in [-0.15, -0.1) is 0 Å². The molecular formula is C13H25N3O. The van der Waals surface area contributed by atoms with Gasteiger partial charge in [-0.2, -0.15) is 5.26 Å². The molecule has 0 saturated heterocycles. The van der Waals surface area contributed by atoms with E-state index in [9.17, 15) is 4.79 Å². The summed E-state index contributed by atoms with van der Waals surface area (Å²) in [5.41, 5.74) is 5.10. The van der Waals surface area contributed by atoms with Crippen molar-refractivity contribution in [1.82, 2.24) is 5.32 Å². The molecule has 0 rings (SSSR count). The zero-order chi connectivity index (χ0) is 13.3. The van der Waals surface area contributed by atoms with Crippen molar-refractivity contribution in [2.45, 2.75) is 46.5 Å². The molecule has 0 bridgehead atoms. The molecule has 4 nitrogen and oxygen atoms in total. The normalized spacial score (nSPS) is 12.9. The number of carbonyl (C=O) groups is 1. The van der Waals surface area contributed by atoms with Crippen LogP contribution in [0.3, 0.4) is 0 Å². The summed E-state index contributed by atoms with van der Waals surface area (Å²) in [5.74, 6) is 0.554. The molecule has 17 heavy (non-hydrogen) atoms. The molecule has 0 aliphatic heterocycles. The van der Waals surface area contributed by atoms with Gasteiger partial charge in [0.25, 0.3) is 0 Å². The van der Waals surface area contributed by atoms with E-state index in [-0.39, 0.29) is 5.91 Å². The molecule has 98 valence electrons. The third-order valence-electron chi connectivity index (χ3n) is 2.88. The molecule has 0 aromatic heterocycles. The maximum Gasteiger partial charge on any atom is 0.220 e. The Morgan fingerprint density at radius 2 is 2.18 bits per heavy atom. The van der Waals surface area contributed by atoms with Gasteiger partial charge >= 0.3 is 0 Å². The number of hydrogen-bond acceptors (Lipinski definition) is 3. The number of hydrogen-bond donors (Lipinski definition) is 2. The second kappa shape index (κ2) is 8.08. The fourth-order valence-corrected chi connectivity index (χ4v) is 1.37. The lowest BCUT2D eigenvalue weighted by Gasteiger charge is -2.14. The SMILES string of the molecule is CC(CN)CCCNC(=O)CCC(C)(C)C#N. The van der Waals surface area contributed by atoms with E-state index in [1.807, 2.05) is 13.8 Å². The van der Waals surface area contributed by atoms with Gasteiger partial charge in [0.05, 0.1) is 11.5 Å². The molecule has 1 atom stereocenters. The van der Waals surface area contributed by atoms with E-state index in [0.29, 0.717) is 31.8 Å². The lowest BCUT2D eigenvalue weighted by molar-refractivity contribution is -0.121. The van der Waals surface area contributed by atoms with Crippen molar-refractivity contribution in [2.75, 3.05) is 13.1 Å². The predicted molar refractivity (Wildman–Crippen MR) is 69.1 cm³/mol. The van der Waals surface area contributed by atoms with Crippen LogP contribution < -0.4 is 11.1 Å². The van der Waals surface area contributed by atoms with Crippen LogP contribution in [0.4, 0.5) is 0 Å². The average Bonchev–Trinajstić information content (AvgIpc) is 2.32. The minimum atomic E-state index is -0.411. The first-order valence-corrected chi connectivity index (χ1v) is 6.29. The summed E-state index contributed by atoms with van der Waals surface area (Å²) < 4.78 is 0. The van der Waals surface area contributed by atoms with Crippen molar-refractivity contribution in [3.8, 4) is 6.07 Å². The minimum absolute atomic E-state index is 0.0359. The Balaban J connectivity index is 3.58. The largest absolute Gasteiger partial charge is 0.356 e. The fourth-order valence-electron chi connectivity index (χ4n) is 1.37. The molecule has 3 N–H and O–H groups in total. The van der Waals surface area contributed by atoms with Crippen LogP contribution in [0.25, 0.3) is 0 Å². The average molecular weight is 239 g/mol. The summed E-state index contributed by atoms with van der Waals surface area (Å²) in [6, 6.07) is 2.19. The van der Waals surface area contributed by atoms with Crippen LogP contribution >= 0.6 is 0 Å². The molecule has 0 saturated carbocycles. The second-order valence-corrected chi connectivity index (χ2v) is 5.33. The number of nitrogens with two attached hydrogens (primary N) is 1. The number of nitrogens with one attached hydrogen (secondary N) is 1. The van der Waals surface area contributed by atoms with Crippen LogP contribution in [0.1, 0.15) is 46.5 Å². The molecule has 0 radical (unpaired) electrons. The monoisotopic (exact) mass is 239 g/mol. The first-order valence-electron chi connectivity index (χ1n) is 6.29. The third kappa shape index (κ3) is 8.70. The molecule has 1 unspecified atom stereocenters. The van der Waals surface area contributed by atoms with E-state index >= 15 is 0 Å². The predicted octanol–water partition coefficient (Wildman–Crippen LogP) is 1.81. The molecule has 0 aromatic carbocycles. The highest BCUT2D eigenvalue weighted by atomic mass is 16.1. The quantitative estimate of drug-likeness (QED) is 0.634. The summed E-state index contributed by atoms with van der Waals surface area (Å²) >= 11 is 0. The molecule has 0 heterocycles. The first-order chi connectivity index (χ1) is 7.91. The number of rotatable bonds is 8. The third-order valence-corrected chi connectivity index (χ3v) is 2.88. The highest BCUT2D eigenvalue weighted by molar-refractivity contribution is 5.75. The van der Waals surface area contributed by atoms with Crippen LogP contribution in [-0.4, -0.2) is 19.0 Å². The molecule has 4 heteroatoms. The molecule has 0 aliphatic carbocycles. The van der Waals surface area contributed by atoms with Crippen LogP contribution in [-0.2, 0) is 4.79 Å². The van der Waals surface area contributed by atoms with Crippen LogP contribution in [0.5, 0.6) is 0 Å². The van der Waals surface area contributed by atoms with Crippen molar-refractivity contribution in [3.63, 3.8) is 0 Å². The Kier molecular flexibility index (Phi) is 7.56. The van der Waals surface area contributed by atoms with E-state index in [2.05, 4.69) is 18.3 Å². The van der Waals surface area contributed by atoms with E-state index in [1.165, 1.54) is 0 Å². The lowest BCUT2D eigenvalue weighted by Crippen LogP contribution is -2.26. The van der Waals surface area contributed by atoms with Gasteiger partial charge in [-0.05, 0) is 45.6 Å². The molecule has 0 spiro atoms. The summed E-state index contributed by atoms with van der Waals surface area (Å²) in [6.07, 6.45) is 3.04. The van der Waals surface area contributed by atoms with Crippen molar-refractivity contribution in [3.05, 3.63) is 0 Å². The van der Waals surface area contributed by atoms with E-state index < -0.39 is 5.41 Å². The summed E-state index contributed by atoms with van der Waals surface area (Å²) in [4.78, 5) is 11.5. The number of nitrogens with zero attached hydrogens (tertiary/aromatic N) is 1. The van der Waals surface area contributed by atoms with Crippen LogP contribution in [0.2, 0.25) is 0 Å². The van der Waals surface area contributed by atoms with Crippen LogP contribution in [0, 0.1) is 22.7 Å². The van der Waals surface area contributed by atoms with E-state index in [1.54, 1.807) is 0 Å². The van der Waals surface area contributed by atoms with Gasteiger partial charge < -0.3 is 11.1 Å². The number of nitriles is 1. The summed E-state index contributed by atoms with van der Waals surface area (Å²) in [6.45, 7) is 7.21. The smallest absolute Gasteiger partial charge is 0.220 e. The van der Waals surface area contributed by atoms with Crippen molar-refractivity contribution >= 4 is 5.91 Å². The van der Waals surface area contributed by atoms with Gasteiger partial charge in [0.1, 0.15) is 0 Å². The maximum absolute atomic E-state index is 11.5. The molecule has 1 amide bonds. The Hall–Kier alpha value is -1.08. The first kappa shape index (κ1) is 15.9. The standard InChI is InChI=1S/C13H25N3O/c1-11(9-14)5-4-8-16-12(17)6-7-13(2,3)10-15/h11H,4-9,14H2,1-3H3,(H,16,17). The molecule has 0 aliphatic rings. The maximum atomic E-state index is 11.5. The molecular weight excluding hydrogens is 214 g/mol. The van der Waals surface area contributed by atoms with E-state index in [0.717, 1.165) is 12.8 Å². The Labute approximate surface area is 105 Å². The van der Waals surface area contributed by atoms with Gasteiger partial charge in [-0.1, -0.05) is 6.92 Å². The lowest BCUT2D eigenvalue weighted by atomic mass is 9.90. The van der Waals surface area contributed by atoms with Gasteiger partial charge in [0.15, 0.2) is 0 Å². The Bertz CT molecular complexity index is 268. The second-order valence-electron chi connectivity index (χ2n) is 5.33.